The second-order valence-electron chi connectivity index (χ2n) is 13.6. The minimum atomic E-state index is -0.822. The van der Waals surface area contributed by atoms with Crippen molar-refractivity contribution in [2.75, 3.05) is 25.0 Å². The van der Waals surface area contributed by atoms with Crippen molar-refractivity contribution >= 4 is 55.6 Å². The third-order valence-corrected chi connectivity index (χ3v) is 9.07. The number of ether oxygens (including phenoxy) is 2. The number of thiophene rings is 1. The summed E-state index contributed by atoms with van der Waals surface area (Å²) in [6.45, 7) is 11.6. The number of anilines is 1. The molecule has 47 heavy (non-hydrogen) atoms. The zero-order chi connectivity index (χ0) is 34.0. The number of nitriles is 1. The molecule has 2 aliphatic rings. The summed E-state index contributed by atoms with van der Waals surface area (Å²) in [5, 5.41) is 12.9. The highest BCUT2D eigenvalue weighted by Crippen LogP contribution is 2.45. The first-order valence-electron chi connectivity index (χ1n) is 15.2. The van der Waals surface area contributed by atoms with Gasteiger partial charge in [-0.1, -0.05) is 6.07 Å². The third kappa shape index (κ3) is 5.95. The van der Waals surface area contributed by atoms with Crippen LogP contribution in [0.5, 0.6) is 0 Å². The Morgan fingerprint density at radius 1 is 1.04 bits per heavy atom. The number of hydrogen-bond donors (Lipinski definition) is 1. The van der Waals surface area contributed by atoms with Crippen LogP contribution in [-0.4, -0.2) is 74.3 Å². The van der Waals surface area contributed by atoms with E-state index in [1.54, 1.807) is 55.9 Å². The highest BCUT2D eigenvalue weighted by atomic mass is 32.1. The predicted molar refractivity (Wildman–Crippen MR) is 172 cm³/mol. The number of carbonyl (C=O) groups is 3. The van der Waals surface area contributed by atoms with Gasteiger partial charge in [-0.05, 0) is 65.7 Å². The standard InChI is InChI=1S/C33H34F2N6O5S/c1-32(2,3)45-30(43)38-28-20(14-36)23-18(7-8-21(34)27(23)47-28)24-22(35)13-19-26-25(24)37-16-40(26)10-9-17-15-39(11-12-41(17)29(19)42)31(44)46-33(4,5)6/h7-8,13,16-17H,9-12,15H2,1-6H3,(H,38,43)/t17-/m1/s1. The van der Waals surface area contributed by atoms with Gasteiger partial charge in [-0.2, -0.15) is 5.26 Å². The maximum atomic E-state index is 16.4. The molecule has 6 rings (SSSR count). The Hall–Kier alpha value is -4.77. The van der Waals surface area contributed by atoms with Crippen LogP contribution in [0.15, 0.2) is 24.5 Å². The van der Waals surface area contributed by atoms with Gasteiger partial charge in [-0.25, -0.2) is 23.4 Å². The number of nitrogens with zero attached hydrogens (tertiary/aromatic N) is 5. The van der Waals surface area contributed by atoms with Crippen molar-refractivity contribution in [1.29, 1.82) is 5.26 Å². The van der Waals surface area contributed by atoms with Gasteiger partial charge in [0, 0.05) is 37.1 Å². The molecule has 0 radical (unpaired) electrons. The van der Waals surface area contributed by atoms with Crippen molar-refractivity contribution in [3.63, 3.8) is 0 Å². The van der Waals surface area contributed by atoms with Gasteiger partial charge < -0.3 is 23.8 Å². The van der Waals surface area contributed by atoms with Crippen LogP contribution in [0.1, 0.15) is 63.9 Å². The van der Waals surface area contributed by atoms with E-state index in [2.05, 4.69) is 10.3 Å². The summed E-state index contributed by atoms with van der Waals surface area (Å²) >= 11 is 0.842. The Kier molecular flexibility index (Phi) is 7.86. The molecule has 1 N–H and O–H groups in total. The van der Waals surface area contributed by atoms with Crippen LogP contribution < -0.4 is 5.32 Å². The molecule has 0 unspecified atom stereocenters. The molecule has 4 heterocycles. The molecule has 0 spiro atoms. The monoisotopic (exact) mass is 664 g/mol. The lowest BCUT2D eigenvalue weighted by atomic mass is 9.94. The molecule has 0 bridgehead atoms. The second kappa shape index (κ2) is 11.5. The number of benzene rings is 2. The summed E-state index contributed by atoms with van der Waals surface area (Å²) in [5.41, 5.74) is -0.614. The number of nitrogens with one attached hydrogen (secondary N) is 1. The van der Waals surface area contributed by atoms with Gasteiger partial charge in [-0.3, -0.25) is 10.1 Å². The molecule has 1 saturated heterocycles. The smallest absolute Gasteiger partial charge is 0.412 e. The van der Waals surface area contributed by atoms with Gasteiger partial charge in [0.05, 0.1) is 33.7 Å². The van der Waals surface area contributed by atoms with Gasteiger partial charge in [0.25, 0.3) is 5.91 Å². The summed E-state index contributed by atoms with van der Waals surface area (Å²) in [4.78, 5) is 47.2. The van der Waals surface area contributed by atoms with E-state index < -0.39 is 40.9 Å². The number of rotatable bonds is 2. The van der Waals surface area contributed by atoms with Crippen LogP contribution in [0.2, 0.25) is 0 Å². The summed E-state index contributed by atoms with van der Waals surface area (Å²) in [6, 6.07) is 5.42. The SMILES string of the molecule is CC(C)(C)OC(=O)Nc1sc2c(F)ccc(-c3c(F)cc4c5c3ncn5CC[C@@H]3CN(C(=O)OC(C)(C)C)CCN3C4=O)c2c1C#N. The number of piperazine rings is 1. The Balaban J connectivity index is 1.42. The number of fused-ring (bicyclic) bond motifs is 2. The fraction of sp³-hybridized carbons (Fsp3) is 0.424. The Morgan fingerprint density at radius 2 is 1.77 bits per heavy atom. The van der Waals surface area contributed by atoms with Gasteiger partial charge in [-0.15, -0.1) is 11.3 Å². The normalized spacial score (nSPS) is 16.8. The topological polar surface area (TPSA) is 130 Å². The first-order valence-corrected chi connectivity index (χ1v) is 16.0. The van der Waals surface area contributed by atoms with E-state index in [4.69, 9.17) is 9.47 Å². The molecular weight excluding hydrogens is 630 g/mol. The Labute approximate surface area is 273 Å². The van der Waals surface area contributed by atoms with Crippen molar-refractivity contribution in [2.24, 2.45) is 0 Å². The van der Waals surface area contributed by atoms with E-state index in [0.717, 1.165) is 17.4 Å². The molecule has 14 heteroatoms. The van der Waals surface area contributed by atoms with Crippen LogP contribution in [0, 0.1) is 23.0 Å². The quantitative estimate of drug-likeness (QED) is 0.247. The van der Waals surface area contributed by atoms with Crippen molar-refractivity contribution < 1.29 is 32.6 Å². The lowest BCUT2D eigenvalue weighted by molar-refractivity contribution is 0.00285. The van der Waals surface area contributed by atoms with E-state index in [1.165, 1.54) is 18.5 Å². The first-order chi connectivity index (χ1) is 22.1. The number of amides is 3. The number of aryl methyl sites for hydroxylation is 1. The Bertz CT molecular complexity index is 2000. The maximum absolute atomic E-state index is 16.4. The maximum Gasteiger partial charge on any atom is 0.412 e. The summed E-state index contributed by atoms with van der Waals surface area (Å²) in [5.74, 6) is -1.82. The summed E-state index contributed by atoms with van der Waals surface area (Å²) in [6.07, 6.45) is 0.765. The van der Waals surface area contributed by atoms with E-state index in [9.17, 15) is 19.6 Å². The first kappa shape index (κ1) is 32.2. The molecule has 0 aliphatic carbocycles. The lowest BCUT2D eigenvalue weighted by Crippen LogP contribution is -2.57. The van der Waals surface area contributed by atoms with Gasteiger partial charge in [0.15, 0.2) is 0 Å². The number of aromatic nitrogens is 2. The highest BCUT2D eigenvalue weighted by molar-refractivity contribution is 7.23. The Morgan fingerprint density at radius 3 is 2.45 bits per heavy atom. The largest absolute Gasteiger partial charge is 0.444 e. The summed E-state index contributed by atoms with van der Waals surface area (Å²) < 4.78 is 44.2. The molecule has 2 aliphatic heterocycles. The fourth-order valence-electron chi connectivity index (χ4n) is 6.09. The number of hydrogen-bond acceptors (Lipinski definition) is 8. The zero-order valence-electron chi connectivity index (χ0n) is 26.9. The van der Waals surface area contributed by atoms with Crippen LogP contribution in [0.3, 0.4) is 0 Å². The number of carbonyl (C=O) groups excluding carboxylic acids is 3. The van der Waals surface area contributed by atoms with Crippen LogP contribution in [0.4, 0.5) is 23.4 Å². The lowest BCUT2D eigenvalue weighted by Gasteiger charge is -2.42. The van der Waals surface area contributed by atoms with Crippen LogP contribution in [0.25, 0.3) is 32.2 Å². The second-order valence-corrected chi connectivity index (χ2v) is 14.6. The van der Waals surface area contributed by atoms with Crippen LogP contribution >= 0.6 is 11.3 Å². The minimum absolute atomic E-state index is 0.00489. The minimum Gasteiger partial charge on any atom is -0.444 e. The molecule has 0 saturated carbocycles. The molecule has 1 fully saturated rings. The average Bonchev–Trinajstić information content (AvgIpc) is 3.55. The molecule has 2 aromatic carbocycles. The van der Waals surface area contributed by atoms with E-state index in [1.807, 2.05) is 6.07 Å². The molecule has 3 amide bonds. The van der Waals surface area contributed by atoms with Crippen LogP contribution in [-0.2, 0) is 16.0 Å². The average molecular weight is 665 g/mol. The van der Waals surface area contributed by atoms with Crippen molar-refractivity contribution in [3.05, 3.63) is 47.3 Å². The van der Waals surface area contributed by atoms with E-state index >= 15 is 8.78 Å². The molecule has 1 atom stereocenters. The van der Waals surface area contributed by atoms with Crippen molar-refractivity contribution in [1.82, 2.24) is 19.4 Å². The zero-order valence-corrected chi connectivity index (χ0v) is 27.7. The van der Waals surface area contributed by atoms with Gasteiger partial charge in [0.2, 0.25) is 0 Å². The van der Waals surface area contributed by atoms with Gasteiger partial charge >= 0.3 is 12.2 Å². The third-order valence-electron chi connectivity index (χ3n) is 7.95. The van der Waals surface area contributed by atoms with Crippen molar-refractivity contribution in [2.45, 2.75) is 71.8 Å². The van der Waals surface area contributed by atoms with E-state index in [-0.39, 0.29) is 68.5 Å². The molecule has 2 aromatic heterocycles. The molecular formula is C33H34F2N6O5S. The van der Waals surface area contributed by atoms with E-state index in [0.29, 0.717) is 18.5 Å². The molecule has 4 aromatic rings. The highest BCUT2D eigenvalue weighted by Gasteiger charge is 2.38. The summed E-state index contributed by atoms with van der Waals surface area (Å²) in [7, 11) is 0. The van der Waals surface area contributed by atoms with Crippen molar-refractivity contribution in [3.8, 4) is 17.2 Å². The number of halogens is 2. The fourth-order valence-corrected chi connectivity index (χ4v) is 7.16. The predicted octanol–water partition coefficient (Wildman–Crippen LogP) is 6.88. The van der Waals surface area contributed by atoms with Gasteiger partial charge in [0.1, 0.15) is 39.4 Å². The molecule has 11 nitrogen and oxygen atoms in total. The number of imidazole rings is 1. The molecule has 246 valence electrons.